The molecule has 2 aromatic rings. The topological polar surface area (TPSA) is 84.7 Å². The molecule has 1 fully saturated rings. The second kappa shape index (κ2) is 7.14. The average molecular weight is 325 g/mol. The van der Waals surface area contributed by atoms with Crippen molar-refractivity contribution in [2.45, 2.75) is 13.0 Å². The average Bonchev–Trinajstić information content (AvgIpc) is 3.02. The zero-order chi connectivity index (χ0) is 16.9. The van der Waals surface area contributed by atoms with Crippen molar-refractivity contribution in [3.05, 3.63) is 60.2 Å². The van der Waals surface area contributed by atoms with Gasteiger partial charge in [-0.25, -0.2) is 5.84 Å². The fraction of sp³-hybridized carbons (Fsp3) is 0.222. The Balaban J connectivity index is 1.69. The first-order valence-electron chi connectivity index (χ1n) is 7.75. The van der Waals surface area contributed by atoms with Crippen LogP contribution in [0, 0.1) is 5.92 Å². The Morgan fingerprint density at radius 3 is 2.75 bits per heavy atom. The highest BCUT2D eigenvalue weighted by Crippen LogP contribution is 2.28. The fourth-order valence-corrected chi connectivity index (χ4v) is 2.73. The molecule has 3 rings (SSSR count). The second-order valence-electron chi connectivity index (χ2n) is 5.69. The molecule has 2 aromatic carbocycles. The first-order chi connectivity index (χ1) is 11.7. The number of hydrogen-bond donors (Lipinski definition) is 2. The summed E-state index contributed by atoms with van der Waals surface area (Å²) in [6.45, 7) is 0.778. The largest absolute Gasteiger partial charge is 0.489 e. The van der Waals surface area contributed by atoms with Gasteiger partial charge in [0.2, 0.25) is 11.8 Å². The molecule has 2 amide bonds. The van der Waals surface area contributed by atoms with Gasteiger partial charge in [0.25, 0.3) is 0 Å². The van der Waals surface area contributed by atoms with Crippen LogP contribution in [0.4, 0.5) is 5.69 Å². The van der Waals surface area contributed by atoms with Crippen LogP contribution >= 0.6 is 0 Å². The Morgan fingerprint density at radius 2 is 2.00 bits per heavy atom. The van der Waals surface area contributed by atoms with E-state index in [1.807, 2.05) is 54.6 Å². The van der Waals surface area contributed by atoms with Crippen LogP contribution in [0.3, 0.4) is 0 Å². The molecule has 0 bridgehead atoms. The van der Waals surface area contributed by atoms with Crippen molar-refractivity contribution in [2.24, 2.45) is 11.8 Å². The lowest BCUT2D eigenvalue weighted by atomic mass is 10.1. The van der Waals surface area contributed by atoms with E-state index in [9.17, 15) is 9.59 Å². The van der Waals surface area contributed by atoms with E-state index in [0.29, 0.717) is 18.9 Å². The van der Waals surface area contributed by atoms with Crippen molar-refractivity contribution in [1.82, 2.24) is 5.43 Å². The zero-order valence-corrected chi connectivity index (χ0v) is 13.1. The maximum atomic E-state index is 12.2. The molecule has 1 unspecified atom stereocenters. The van der Waals surface area contributed by atoms with Gasteiger partial charge in [-0.05, 0) is 17.7 Å². The van der Waals surface area contributed by atoms with Crippen molar-refractivity contribution in [3.63, 3.8) is 0 Å². The molecule has 0 aliphatic carbocycles. The number of carbonyl (C=O) groups excluding carboxylic acids is 2. The number of carbonyl (C=O) groups is 2. The normalized spacial score (nSPS) is 17.0. The highest BCUT2D eigenvalue weighted by Gasteiger charge is 2.34. The summed E-state index contributed by atoms with van der Waals surface area (Å²) in [5.41, 5.74) is 3.90. The summed E-state index contributed by atoms with van der Waals surface area (Å²) in [5, 5.41) is 0. The van der Waals surface area contributed by atoms with E-state index in [4.69, 9.17) is 10.6 Å². The van der Waals surface area contributed by atoms with Crippen LogP contribution in [0.5, 0.6) is 5.75 Å². The van der Waals surface area contributed by atoms with Gasteiger partial charge >= 0.3 is 0 Å². The molecule has 1 aliphatic heterocycles. The summed E-state index contributed by atoms with van der Waals surface area (Å²) >= 11 is 0. The molecule has 1 heterocycles. The van der Waals surface area contributed by atoms with Crippen molar-refractivity contribution >= 4 is 17.5 Å². The highest BCUT2D eigenvalue weighted by molar-refractivity contribution is 6.00. The van der Waals surface area contributed by atoms with Crippen LogP contribution in [-0.2, 0) is 16.2 Å². The van der Waals surface area contributed by atoms with Gasteiger partial charge in [0.05, 0.1) is 5.92 Å². The summed E-state index contributed by atoms with van der Waals surface area (Å²) in [4.78, 5) is 25.4. The summed E-state index contributed by atoms with van der Waals surface area (Å²) in [5.74, 6) is 5.00. The predicted octanol–water partition coefficient (Wildman–Crippen LogP) is 1.61. The Hall–Kier alpha value is -2.86. The van der Waals surface area contributed by atoms with Gasteiger partial charge in [0.1, 0.15) is 12.4 Å². The molecule has 0 spiro atoms. The molecule has 3 N–H and O–H groups in total. The Kier molecular flexibility index (Phi) is 4.77. The third-order valence-corrected chi connectivity index (χ3v) is 4.02. The van der Waals surface area contributed by atoms with Crippen molar-refractivity contribution in [1.29, 1.82) is 0 Å². The molecular weight excluding hydrogens is 306 g/mol. The zero-order valence-electron chi connectivity index (χ0n) is 13.1. The van der Waals surface area contributed by atoms with E-state index in [2.05, 4.69) is 5.43 Å². The monoisotopic (exact) mass is 325 g/mol. The quantitative estimate of drug-likeness (QED) is 0.497. The van der Waals surface area contributed by atoms with Gasteiger partial charge in [-0.3, -0.25) is 15.0 Å². The molecule has 1 atom stereocenters. The molecule has 1 saturated heterocycles. The molecule has 124 valence electrons. The van der Waals surface area contributed by atoms with Crippen LogP contribution < -0.4 is 20.9 Å². The van der Waals surface area contributed by atoms with Crippen molar-refractivity contribution in [2.75, 3.05) is 11.4 Å². The smallest absolute Gasteiger partial charge is 0.239 e. The SMILES string of the molecule is NNC(=O)C1CC(=O)N(c2cccc(OCc3ccccc3)c2)C1. The van der Waals surface area contributed by atoms with Gasteiger partial charge in [-0.15, -0.1) is 0 Å². The standard InChI is InChI=1S/C18H19N3O3/c19-20-18(23)14-9-17(22)21(11-14)15-7-4-8-16(10-15)24-12-13-5-2-1-3-6-13/h1-8,10,14H,9,11-12,19H2,(H,20,23). The molecular formula is C18H19N3O3. The van der Waals surface area contributed by atoms with E-state index in [1.165, 1.54) is 0 Å². The predicted molar refractivity (Wildman–Crippen MR) is 90.0 cm³/mol. The summed E-state index contributed by atoms with van der Waals surface area (Å²) < 4.78 is 5.79. The van der Waals surface area contributed by atoms with Crippen molar-refractivity contribution < 1.29 is 14.3 Å². The summed E-state index contributed by atoms with van der Waals surface area (Å²) in [6, 6.07) is 17.2. The van der Waals surface area contributed by atoms with Gasteiger partial charge in [0.15, 0.2) is 0 Å². The second-order valence-corrected chi connectivity index (χ2v) is 5.69. The Bertz CT molecular complexity index is 733. The van der Waals surface area contributed by atoms with E-state index in [-0.39, 0.29) is 18.2 Å². The summed E-state index contributed by atoms with van der Waals surface area (Å²) in [6.07, 6.45) is 0.165. The van der Waals surface area contributed by atoms with Gasteiger partial charge in [-0.1, -0.05) is 36.4 Å². The van der Waals surface area contributed by atoms with Crippen LogP contribution in [0.15, 0.2) is 54.6 Å². The van der Waals surface area contributed by atoms with E-state index >= 15 is 0 Å². The number of hydrogen-bond acceptors (Lipinski definition) is 4. The summed E-state index contributed by atoms with van der Waals surface area (Å²) in [7, 11) is 0. The maximum absolute atomic E-state index is 12.2. The number of amides is 2. The third kappa shape index (κ3) is 3.55. The molecule has 0 saturated carbocycles. The van der Waals surface area contributed by atoms with E-state index in [1.54, 1.807) is 4.90 Å². The molecule has 24 heavy (non-hydrogen) atoms. The molecule has 6 nitrogen and oxygen atoms in total. The van der Waals surface area contributed by atoms with Crippen LogP contribution in [0.2, 0.25) is 0 Å². The number of nitrogens with zero attached hydrogens (tertiary/aromatic N) is 1. The van der Waals surface area contributed by atoms with E-state index in [0.717, 1.165) is 11.3 Å². The first-order valence-corrected chi connectivity index (χ1v) is 7.75. The first kappa shape index (κ1) is 16.0. The number of rotatable bonds is 5. The lowest BCUT2D eigenvalue weighted by Gasteiger charge is -2.17. The van der Waals surface area contributed by atoms with E-state index < -0.39 is 5.92 Å². The maximum Gasteiger partial charge on any atom is 0.239 e. The minimum Gasteiger partial charge on any atom is -0.489 e. The lowest BCUT2D eigenvalue weighted by Crippen LogP contribution is -2.37. The molecule has 1 aliphatic rings. The van der Waals surface area contributed by atoms with Gasteiger partial charge in [0, 0.05) is 24.7 Å². The molecule has 6 heteroatoms. The number of nitrogens with two attached hydrogens (primary N) is 1. The van der Waals surface area contributed by atoms with Crippen LogP contribution in [-0.4, -0.2) is 18.4 Å². The minimum absolute atomic E-state index is 0.0937. The Morgan fingerprint density at radius 1 is 1.21 bits per heavy atom. The third-order valence-electron chi connectivity index (χ3n) is 4.02. The fourth-order valence-electron chi connectivity index (χ4n) is 2.73. The minimum atomic E-state index is -0.420. The lowest BCUT2D eigenvalue weighted by molar-refractivity contribution is -0.126. The van der Waals surface area contributed by atoms with Crippen LogP contribution in [0.1, 0.15) is 12.0 Å². The molecule has 0 radical (unpaired) electrons. The van der Waals surface area contributed by atoms with Gasteiger partial charge < -0.3 is 9.64 Å². The Labute approximate surface area is 140 Å². The number of nitrogens with one attached hydrogen (secondary N) is 1. The highest BCUT2D eigenvalue weighted by atomic mass is 16.5. The number of ether oxygens (including phenoxy) is 1. The van der Waals surface area contributed by atoms with Crippen molar-refractivity contribution in [3.8, 4) is 5.75 Å². The molecule has 0 aromatic heterocycles. The number of hydrazine groups is 1. The van der Waals surface area contributed by atoms with Gasteiger partial charge in [-0.2, -0.15) is 0 Å². The van der Waals surface area contributed by atoms with Crippen LogP contribution in [0.25, 0.3) is 0 Å². The number of benzene rings is 2. The number of anilines is 1.